The summed E-state index contributed by atoms with van der Waals surface area (Å²) in [6, 6.07) is 0. The molecule has 2 rings (SSSR count). The summed E-state index contributed by atoms with van der Waals surface area (Å²) in [5, 5.41) is 12.3. The smallest absolute Gasteiger partial charge is 0.240 e. The summed E-state index contributed by atoms with van der Waals surface area (Å²) in [5.41, 5.74) is 0. The molecule has 1 aliphatic heterocycles. The first-order valence-corrected chi connectivity index (χ1v) is 7.02. The first-order chi connectivity index (χ1) is 8.78. The Kier molecular flexibility index (Phi) is 7.22. The van der Waals surface area contributed by atoms with Crippen LogP contribution in [-0.2, 0) is 16.0 Å². The predicted molar refractivity (Wildman–Crippen MR) is 77.0 cm³/mol. The van der Waals surface area contributed by atoms with Gasteiger partial charge in [0, 0.05) is 19.5 Å². The van der Waals surface area contributed by atoms with E-state index in [2.05, 4.69) is 27.3 Å². The van der Waals surface area contributed by atoms with E-state index < -0.39 is 0 Å². The molecular formula is C11H19ClN4O2S. The van der Waals surface area contributed by atoms with Crippen LogP contribution in [0, 0.1) is 0 Å². The number of morpholine rings is 1. The maximum absolute atomic E-state index is 11.8. The molecule has 1 amide bonds. The number of halogens is 1. The van der Waals surface area contributed by atoms with Crippen molar-refractivity contribution < 1.29 is 9.53 Å². The summed E-state index contributed by atoms with van der Waals surface area (Å²) in [6.07, 6.45) is 1.95. The van der Waals surface area contributed by atoms with E-state index in [1.165, 1.54) is 11.3 Å². The van der Waals surface area contributed by atoms with Crippen molar-refractivity contribution in [3.8, 4) is 0 Å². The van der Waals surface area contributed by atoms with Crippen LogP contribution in [0.5, 0.6) is 0 Å². The quantitative estimate of drug-likeness (QED) is 0.885. The summed E-state index contributed by atoms with van der Waals surface area (Å²) < 4.78 is 5.24. The van der Waals surface area contributed by atoms with Crippen LogP contribution in [0.1, 0.15) is 18.4 Å². The number of nitrogens with one attached hydrogen (secondary N) is 1. The minimum absolute atomic E-state index is 0. The maximum Gasteiger partial charge on any atom is 0.240 e. The van der Waals surface area contributed by atoms with Gasteiger partial charge in [-0.1, -0.05) is 18.3 Å². The van der Waals surface area contributed by atoms with E-state index in [1.807, 2.05) is 0 Å². The van der Waals surface area contributed by atoms with Crippen molar-refractivity contribution in [2.24, 2.45) is 0 Å². The molecule has 1 aliphatic rings. The number of rotatable bonds is 5. The van der Waals surface area contributed by atoms with Gasteiger partial charge in [-0.3, -0.25) is 15.0 Å². The van der Waals surface area contributed by atoms with Crippen molar-refractivity contribution in [1.82, 2.24) is 15.1 Å². The molecule has 6 nitrogen and oxygen atoms in total. The molecule has 1 N–H and O–H groups in total. The minimum atomic E-state index is -0.0314. The molecule has 1 saturated heterocycles. The first kappa shape index (κ1) is 16.3. The van der Waals surface area contributed by atoms with Crippen LogP contribution in [0.25, 0.3) is 0 Å². The molecule has 19 heavy (non-hydrogen) atoms. The standard InChI is InChI=1S/C11H18N4O2S.ClH/c1-2-3-10-13-14-11(18-10)12-9(16)8-15-4-6-17-7-5-15;/h2-8H2,1H3,(H,12,14,16);1H. The summed E-state index contributed by atoms with van der Waals surface area (Å²) >= 11 is 1.45. The molecule has 1 fully saturated rings. The van der Waals surface area contributed by atoms with Crippen molar-refractivity contribution in [3.63, 3.8) is 0 Å². The van der Waals surface area contributed by atoms with Gasteiger partial charge in [0.15, 0.2) is 0 Å². The number of hydrogen-bond donors (Lipinski definition) is 1. The molecule has 0 radical (unpaired) electrons. The molecule has 0 aromatic carbocycles. The van der Waals surface area contributed by atoms with Gasteiger partial charge in [-0.15, -0.1) is 22.6 Å². The molecule has 108 valence electrons. The van der Waals surface area contributed by atoms with E-state index in [0.717, 1.165) is 30.9 Å². The van der Waals surface area contributed by atoms with Gasteiger partial charge in [0.05, 0.1) is 19.8 Å². The predicted octanol–water partition coefficient (Wildman–Crippen LogP) is 1.18. The molecule has 2 heterocycles. The van der Waals surface area contributed by atoms with Gasteiger partial charge in [-0.25, -0.2) is 0 Å². The van der Waals surface area contributed by atoms with Crippen LogP contribution in [0.15, 0.2) is 0 Å². The van der Waals surface area contributed by atoms with E-state index >= 15 is 0 Å². The molecule has 0 saturated carbocycles. The molecule has 1 aromatic heterocycles. The van der Waals surface area contributed by atoms with Crippen LogP contribution in [0.2, 0.25) is 0 Å². The minimum Gasteiger partial charge on any atom is -0.379 e. The molecule has 8 heteroatoms. The fraction of sp³-hybridized carbons (Fsp3) is 0.727. The zero-order valence-electron chi connectivity index (χ0n) is 10.9. The normalized spacial score (nSPS) is 15.8. The Bertz CT molecular complexity index is 396. The van der Waals surface area contributed by atoms with E-state index in [9.17, 15) is 4.79 Å². The van der Waals surface area contributed by atoms with Gasteiger partial charge in [0.1, 0.15) is 5.01 Å². The van der Waals surface area contributed by atoms with Crippen molar-refractivity contribution in [2.75, 3.05) is 38.2 Å². The summed E-state index contributed by atoms with van der Waals surface area (Å²) in [5.74, 6) is -0.0314. The van der Waals surface area contributed by atoms with Crippen LogP contribution in [-0.4, -0.2) is 53.9 Å². The van der Waals surface area contributed by atoms with E-state index in [4.69, 9.17) is 4.74 Å². The number of anilines is 1. The first-order valence-electron chi connectivity index (χ1n) is 6.20. The van der Waals surface area contributed by atoms with Gasteiger partial charge in [0.2, 0.25) is 11.0 Å². The Morgan fingerprint density at radius 1 is 1.42 bits per heavy atom. The van der Waals surface area contributed by atoms with Gasteiger partial charge < -0.3 is 4.74 Å². The molecule has 0 atom stereocenters. The topological polar surface area (TPSA) is 67.4 Å². The van der Waals surface area contributed by atoms with Crippen LogP contribution in [0.3, 0.4) is 0 Å². The molecule has 0 bridgehead atoms. The third kappa shape index (κ3) is 5.40. The molecular weight excluding hydrogens is 288 g/mol. The van der Waals surface area contributed by atoms with E-state index in [0.29, 0.717) is 24.9 Å². The molecule has 0 unspecified atom stereocenters. The van der Waals surface area contributed by atoms with Gasteiger partial charge in [-0.2, -0.15) is 0 Å². The number of aryl methyl sites for hydroxylation is 1. The van der Waals surface area contributed by atoms with Gasteiger partial charge in [0.25, 0.3) is 0 Å². The third-order valence-corrected chi connectivity index (χ3v) is 3.55. The number of hydrogen-bond acceptors (Lipinski definition) is 6. The van der Waals surface area contributed by atoms with Crippen LogP contribution in [0.4, 0.5) is 5.13 Å². The second-order valence-electron chi connectivity index (χ2n) is 4.19. The fourth-order valence-electron chi connectivity index (χ4n) is 1.74. The second kappa shape index (κ2) is 8.42. The fourth-order valence-corrected chi connectivity index (χ4v) is 2.60. The number of aromatic nitrogens is 2. The summed E-state index contributed by atoms with van der Waals surface area (Å²) in [4.78, 5) is 13.9. The highest BCUT2D eigenvalue weighted by Gasteiger charge is 2.15. The lowest BCUT2D eigenvalue weighted by atomic mass is 10.4. The number of ether oxygens (including phenoxy) is 1. The molecule has 0 spiro atoms. The zero-order chi connectivity index (χ0) is 12.8. The lowest BCUT2D eigenvalue weighted by Crippen LogP contribution is -2.41. The largest absolute Gasteiger partial charge is 0.379 e. The van der Waals surface area contributed by atoms with Crippen molar-refractivity contribution in [1.29, 1.82) is 0 Å². The summed E-state index contributed by atoms with van der Waals surface area (Å²) in [6.45, 7) is 5.51. The Hall–Kier alpha value is -0.760. The summed E-state index contributed by atoms with van der Waals surface area (Å²) in [7, 11) is 0. The lowest BCUT2D eigenvalue weighted by Gasteiger charge is -2.25. The number of carbonyl (C=O) groups excluding carboxylic acids is 1. The Morgan fingerprint density at radius 3 is 2.84 bits per heavy atom. The monoisotopic (exact) mass is 306 g/mol. The maximum atomic E-state index is 11.8. The molecule has 0 aliphatic carbocycles. The zero-order valence-corrected chi connectivity index (χ0v) is 12.6. The van der Waals surface area contributed by atoms with Crippen molar-refractivity contribution in [2.45, 2.75) is 19.8 Å². The number of nitrogens with zero attached hydrogens (tertiary/aromatic N) is 3. The average molecular weight is 307 g/mol. The second-order valence-corrected chi connectivity index (χ2v) is 5.25. The highest BCUT2D eigenvalue weighted by molar-refractivity contribution is 7.15. The Balaban J connectivity index is 0.00000180. The number of amides is 1. The number of carbonyl (C=O) groups is 1. The highest BCUT2D eigenvalue weighted by Crippen LogP contribution is 2.16. The van der Waals surface area contributed by atoms with Crippen LogP contribution >= 0.6 is 23.7 Å². The van der Waals surface area contributed by atoms with Crippen LogP contribution < -0.4 is 5.32 Å². The van der Waals surface area contributed by atoms with Crippen molar-refractivity contribution in [3.05, 3.63) is 5.01 Å². The lowest BCUT2D eigenvalue weighted by molar-refractivity contribution is -0.118. The Labute approximate surface area is 122 Å². The SMILES string of the molecule is CCCc1nnc(NC(=O)CN2CCOCC2)s1.Cl. The van der Waals surface area contributed by atoms with Gasteiger partial charge in [-0.05, 0) is 6.42 Å². The average Bonchev–Trinajstić information content (AvgIpc) is 2.78. The van der Waals surface area contributed by atoms with E-state index in [1.54, 1.807) is 0 Å². The van der Waals surface area contributed by atoms with Gasteiger partial charge >= 0.3 is 0 Å². The third-order valence-electron chi connectivity index (χ3n) is 2.65. The van der Waals surface area contributed by atoms with Crippen molar-refractivity contribution >= 4 is 34.8 Å². The van der Waals surface area contributed by atoms with E-state index in [-0.39, 0.29) is 18.3 Å². The Morgan fingerprint density at radius 2 is 2.16 bits per heavy atom. The highest BCUT2D eigenvalue weighted by atomic mass is 35.5. The molecule has 1 aromatic rings.